The maximum Gasteiger partial charge on any atom is 0.225 e. The van der Waals surface area contributed by atoms with E-state index in [1.54, 1.807) is 6.07 Å². The molecule has 6 heteroatoms. The van der Waals surface area contributed by atoms with E-state index in [0.29, 0.717) is 17.5 Å². The van der Waals surface area contributed by atoms with E-state index in [9.17, 15) is 8.78 Å². The molecule has 1 aromatic heterocycles. The van der Waals surface area contributed by atoms with Gasteiger partial charge < -0.3 is 10.6 Å². The number of halogens is 2. The normalized spacial score (nSPS) is 10.8. The standard InChI is InChI=1S/C19H18F2N4/c1-12(2)22-19-24-17(13-6-4-3-5-7-13)11-18(25-19)23-16-9-8-14(20)10-15(16)21/h3-12H,1-2H3,(H2,22,23,24,25). The summed E-state index contributed by atoms with van der Waals surface area (Å²) in [4.78, 5) is 8.87. The van der Waals surface area contributed by atoms with Gasteiger partial charge in [-0.25, -0.2) is 13.8 Å². The Morgan fingerprint density at radius 1 is 0.920 bits per heavy atom. The topological polar surface area (TPSA) is 49.8 Å². The van der Waals surface area contributed by atoms with Crippen molar-refractivity contribution in [2.24, 2.45) is 0 Å². The molecule has 0 bridgehead atoms. The summed E-state index contributed by atoms with van der Waals surface area (Å²) >= 11 is 0. The molecule has 3 aromatic rings. The van der Waals surface area contributed by atoms with Crippen LogP contribution in [0.25, 0.3) is 11.3 Å². The van der Waals surface area contributed by atoms with Gasteiger partial charge in [-0.2, -0.15) is 4.98 Å². The third-order valence-corrected chi connectivity index (χ3v) is 3.41. The van der Waals surface area contributed by atoms with Gasteiger partial charge in [0.2, 0.25) is 5.95 Å². The molecule has 0 spiro atoms. The van der Waals surface area contributed by atoms with Gasteiger partial charge in [0, 0.05) is 23.7 Å². The molecular weight excluding hydrogens is 322 g/mol. The minimum Gasteiger partial charge on any atom is -0.352 e. The van der Waals surface area contributed by atoms with E-state index in [1.807, 2.05) is 44.2 Å². The van der Waals surface area contributed by atoms with Gasteiger partial charge >= 0.3 is 0 Å². The Bertz CT molecular complexity index is 867. The minimum absolute atomic E-state index is 0.140. The molecule has 0 fully saturated rings. The minimum atomic E-state index is -0.682. The van der Waals surface area contributed by atoms with Crippen molar-refractivity contribution in [3.05, 3.63) is 66.2 Å². The largest absolute Gasteiger partial charge is 0.352 e. The fourth-order valence-electron chi connectivity index (χ4n) is 2.32. The highest BCUT2D eigenvalue weighted by Crippen LogP contribution is 2.25. The summed E-state index contributed by atoms with van der Waals surface area (Å²) in [6.45, 7) is 3.95. The molecule has 1 heterocycles. The van der Waals surface area contributed by atoms with Gasteiger partial charge in [0.05, 0.1) is 11.4 Å². The molecule has 0 saturated carbocycles. The van der Waals surface area contributed by atoms with E-state index in [-0.39, 0.29) is 11.7 Å². The number of benzene rings is 2. The summed E-state index contributed by atoms with van der Waals surface area (Å²) in [5, 5.41) is 6.04. The first-order valence-electron chi connectivity index (χ1n) is 7.94. The van der Waals surface area contributed by atoms with Gasteiger partial charge in [0.1, 0.15) is 17.5 Å². The van der Waals surface area contributed by atoms with E-state index in [1.165, 1.54) is 12.1 Å². The zero-order valence-corrected chi connectivity index (χ0v) is 13.9. The Labute approximate surface area is 145 Å². The molecule has 0 aliphatic carbocycles. The average Bonchev–Trinajstić information content (AvgIpc) is 2.57. The monoisotopic (exact) mass is 340 g/mol. The van der Waals surface area contributed by atoms with E-state index in [2.05, 4.69) is 20.6 Å². The fraction of sp³-hybridized carbons (Fsp3) is 0.158. The molecule has 0 aliphatic rings. The predicted octanol–water partition coefficient (Wildman–Crippen LogP) is 4.99. The predicted molar refractivity (Wildman–Crippen MR) is 95.9 cm³/mol. The average molecular weight is 340 g/mol. The van der Waals surface area contributed by atoms with Crippen molar-refractivity contribution in [2.75, 3.05) is 10.6 Å². The Balaban J connectivity index is 2.00. The highest BCUT2D eigenvalue weighted by molar-refractivity contribution is 5.67. The highest BCUT2D eigenvalue weighted by atomic mass is 19.1. The van der Waals surface area contributed by atoms with Gasteiger partial charge in [-0.05, 0) is 26.0 Å². The first kappa shape index (κ1) is 16.8. The van der Waals surface area contributed by atoms with Crippen LogP contribution in [0.15, 0.2) is 54.6 Å². The van der Waals surface area contributed by atoms with Crippen molar-refractivity contribution in [2.45, 2.75) is 19.9 Å². The van der Waals surface area contributed by atoms with Crippen LogP contribution in [0.1, 0.15) is 13.8 Å². The van der Waals surface area contributed by atoms with Crippen LogP contribution in [-0.4, -0.2) is 16.0 Å². The highest BCUT2D eigenvalue weighted by Gasteiger charge is 2.10. The van der Waals surface area contributed by atoms with E-state index in [0.717, 1.165) is 11.6 Å². The summed E-state index contributed by atoms with van der Waals surface area (Å²) in [6, 6.07) is 14.8. The lowest BCUT2D eigenvalue weighted by molar-refractivity contribution is 0.586. The molecule has 128 valence electrons. The van der Waals surface area contributed by atoms with Crippen molar-refractivity contribution in [3.8, 4) is 11.3 Å². The van der Waals surface area contributed by atoms with E-state index in [4.69, 9.17) is 0 Å². The first-order valence-corrected chi connectivity index (χ1v) is 7.94. The van der Waals surface area contributed by atoms with Crippen LogP contribution >= 0.6 is 0 Å². The molecule has 0 radical (unpaired) electrons. The van der Waals surface area contributed by atoms with E-state index < -0.39 is 11.6 Å². The van der Waals surface area contributed by atoms with Crippen LogP contribution in [0.3, 0.4) is 0 Å². The quantitative estimate of drug-likeness (QED) is 0.687. The summed E-state index contributed by atoms with van der Waals surface area (Å²) < 4.78 is 27.0. The zero-order valence-electron chi connectivity index (χ0n) is 13.9. The maximum atomic E-state index is 13.9. The lowest BCUT2D eigenvalue weighted by Crippen LogP contribution is -2.13. The smallest absolute Gasteiger partial charge is 0.225 e. The lowest BCUT2D eigenvalue weighted by Gasteiger charge is -2.13. The SMILES string of the molecule is CC(C)Nc1nc(Nc2ccc(F)cc2F)cc(-c2ccccc2)n1. The number of anilines is 3. The molecule has 0 saturated heterocycles. The van der Waals surface area contributed by atoms with Crippen molar-refractivity contribution in [3.63, 3.8) is 0 Å². The number of hydrogen-bond acceptors (Lipinski definition) is 4. The van der Waals surface area contributed by atoms with E-state index >= 15 is 0 Å². The van der Waals surface area contributed by atoms with Crippen molar-refractivity contribution < 1.29 is 8.78 Å². The van der Waals surface area contributed by atoms with Gasteiger partial charge in [0.25, 0.3) is 0 Å². The van der Waals surface area contributed by atoms with Crippen LogP contribution in [0, 0.1) is 11.6 Å². The second kappa shape index (κ2) is 7.25. The van der Waals surface area contributed by atoms with Crippen LogP contribution in [0.4, 0.5) is 26.2 Å². The molecule has 0 amide bonds. The Morgan fingerprint density at radius 2 is 1.68 bits per heavy atom. The Morgan fingerprint density at radius 3 is 2.36 bits per heavy atom. The summed E-state index contributed by atoms with van der Waals surface area (Å²) in [6.07, 6.45) is 0. The number of nitrogens with zero attached hydrogens (tertiary/aromatic N) is 2. The Hall–Kier alpha value is -3.02. The van der Waals surface area contributed by atoms with Crippen molar-refractivity contribution >= 4 is 17.5 Å². The van der Waals surface area contributed by atoms with Crippen molar-refractivity contribution in [1.82, 2.24) is 9.97 Å². The molecule has 25 heavy (non-hydrogen) atoms. The van der Waals surface area contributed by atoms with Gasteiger partial charge in [0.15, 0.2) is 0 Å². The van der Waals surface area contributed by atoms with Crippen LogP contribution in [0.2, 0.25) is 0 Å². The van der Waals surface area contributed by atoms with Crippen LogP contribution in [-0.2, 0) is 0 Å². The Kier molecular flexibility index (Phi) is 4.88. The third kappa shape index (κ3) is 4.29. The zero-order chi connectivity index (χ0) is 17.8. The van der Waals surface area contributed by atoms with Gasteiger partial charge in [-0.1, -0.05) is 30.3 Å². The van der Waals surface area contributed by atoms with Gasteiger partial charge in [-0.3, -0.25) is 0 Å². The van der Waals surface area contributed by atoms with Gasteiger partial charge in [-0.15, -0.1) is 0 Å². The molecule has 0 unspecified atom stereocenters. The number of rotatable bonds is 5. The molecule has 3 rings (SSSR count). The first-order chi connectivity index (χ1) is 12.0. The summed E-state index contributed by atoms with van der Waals surface area (Å²) in [7, 11) is 0. The molecule has 0 aliphatic heterocycles. The second-order valence-corrected chi connectivity index (χ2v) is 5.88. The van der Waals surface area contributed by atoms with Crippen LogP contribution < -0.4 is 10.6 Å². The molecular formula is C19H18F2N4. The number of aromatic nitrogens is 2. The number of hydrogen-bond donors (Lipinski definition) is 2. The summed E-state index contributed by atoms with van der Waals surface area (Å²) in [5.41, 5.74) is 1.76. The molecule has 2 aromatic carbocycles. The van der Waals surface area contributed by atoms with Crippen molar-refractivity contribution in [1.29, 1.82) is 0 Å². The lowest BCUT2D eigenvalue weighted by atomic mass is 10.1. The molecule has 4 nitrogen and oxygen atoms in total. The second-order valence-electron chi connectivity index (χ2n) is 5.88. The third-order valence-electron chi connectivity index (χ3n) is 3.41. The maximum absolute atomic E-state index is 13.9. The summed E-state index contributed by atoms with van der Waals surface area (Å²) in [5.74, 6) is -0.458. The van der Waals surface area contributed by atoms with Crippen LogP contribution in [0.5, 0.6) is 0 Å². The number of nitrogens with one attached hydrogen (secondary N) is 2. The molecule has 2 N–H and O–H groups in total. The molecule has 0 atom stereocenters. The fourth-order valence-corrected chi connectivity index (χ4v) is 2.32.